The Morgan fingerprint density at radius 1 is 0.833 bits per heavy atom. The van der Waals surface area contributed by atoms with Gasteiger partial charge in [0.15, 0.2) is 0 Å². The molecule has 3 rings (SSSR count). The van der Waals surface area contributed by atoms with Gasteiger partial charge in [0.2, 0.25) is 0 Å². The minimum Gasteiger partial charge on any atom is -0.192 e. The van der Waals surface area contributed by atoms with Crippen molar-refractivity contribution in [3.05, 3.63) is 82.9 Å². The van der Waals surface area contributed by atoms with E-state index in [1.54, 1.807) is 0 Å². The van der Waals surface area contributed by atoms with Crippen molar-refractivity contribution in [3.63, 3.8) is 0 Å². The van der Waals surface area contributed by atoms with E-state index in [2.05, 4.69) is 69.3 Å². The summed E-state index contributed by atoms with van der Waals surface area (Å²) in [5.74, 6) is 0. The third-order valence-electron chi connectivity index (χ3n) is 4.27. The third-order valence-corrected chi connectivity index (χ3v) is 4.27. The van der Waals surface area contributed by atoms with Crippen molar-refractivity contribution in [2.24, 2.45) is 0 Å². The summed E-state index contributed by atoms with van der Waals surface area (Å²) in [4.78, 5) is 0. The summed E-state index contributed by atoms with van der Waals surface area (Å²) in [6.45, 7) is 6.64. The summed E-state index contributed by atoms with van der Waals surface area (Å²) in [6.07, 6.45) is 4.09. The molecule has 0 spiro atoms. The molecule has 3 aromatic rings. The molecular formula is C23H21N. The quantitative estimate of drug-likeness (QED) is 0.518. The summed E-state index contributed by atoms with van der Waals surface area (Å²) in [7, 11) is 0. The zero-order valence-corrected chi connectivity index (χ0v) is 14.4. The van der Waals surface area contributed by atoms with Gasteiger partial charge < -0.3 is 0 Å². The van der Waals surface area contributed by atoms with Crippen LogP contribution in [-0.2, 0) is 5.41 Å². The monoisotopic (exact) mass is 311 g/mol. The molecule has 0 aliphatic rings. The first-order chi connectivity index (χ1) is 11.5. The molecule has 1 heteroatoms. The van der Waals surface area contributed by atoms with Crippen LogP contribution in [0.15, 0.2) is 60.7 Å². The Morgan fingerprint density at radius 2 is 1.46 bits per heavy atom. The lowest BCUT2D eigenvalue weighted by molar-refractivity contribution is 0.590. The lowest BCUT2D eigenvalue weighted by Crippen LogP contribution is -2.10. The van der Waals surface area contributed by atoms with Crippen LogP contribution < -0.4 is 0 Å². The predicted octanol–water partition coefficient (Wildman–Crippen LogP) is 6.18. The lowest BCUT2D eigenvalue weighted by Gasteiger charge is -2.18. The molecule has 0 saturated heterocycles. The second kappa shape index (κ2) is 6.34. The number of nitriles is 1. The largest absolute Gasteiger partial charge is 0.192 e. The van der Waals surface area contributed by atoms with Crippen molar-refractivity contribution >= 4 is 22.9 Å². The molecule has 1 nitrogen and oxygen atoms in total. The fraction of sp³-hybridized carbons (Fsp3) is 0.174. The first-order valence-electron chi connectivity index (χ1n) is 8.19. The zero-order chi connectivity index (χ0) is 17.2. The fourth-order valence-electron chi connectivity index (χ4n) is 2.77. The van der Waals surface area contributed by atoms with Gasteiger partial charge in [-0.2, -0.15) is 5.26 Å². The number of rotatable bonds is 2. The maximum atomic E-state index is 9.42. The van der Waals surface area contributed by atoms with E-state index in [1.165, 1.54) is 5.56 Å². The van der Waals surface area contributed by atoms with Crippen molar-refractivity contribution in [3.8, 4) is 6.07 Å². The van der Waals surface area contributed by atoms with Gasteiger partial charge >= 0.3 is 0 Å². The van der Waals surface area contributed by atoms with E-state index < -0.39 is 0 Å². The second-order valence-corrected chi connectivity index (χ2v) is 7.10. The highest BCUT2D eigenvalue weighted by atomic mass is 14.2. The smallest absolute Gasteiger partial charge is 0.0998 e. The Kier molecular flexibility index (Phi) is 4.23. The van der Waals surface area contributed by atoms with Gasteiger partial charge in [0.25, 0.3) is 0 Å². The topological polar surface area (TPSA) is 23.8 Å². The van der Waals surface area contributed by atoms with Crippen LogP contribution >= 0.6 is 0 Å². The Hall–Kier alpha value is -2.85. The average Bonchev–Trinajstić information content (AvgIpc) is 2.58. The van der Waals surface area contributed by atoms with E-state index in [9.17, 15) is 5.26 Å². The Balaban J connectivity index is 1.94. The minimum absolute atomic E-state index is 0.161. The molecule has 0 radical (unpaired) electrons. The maximum Gasteiger partial charge on any atom is 0.0998 e. The van der Waals surface area contributed by atoms with Gasteiger partial charge in [0.1, 0.15) is 0 Å². The normalized spacial score (nSPS) is 11.8. The molecular weight excluding hydrogens is 290 g/mol. The summed E-state index contributed by atoms with van der Waals surface area (Å²) >= 11 is 0. The molecule has 24 heavy (non-hydrogen) atoms. The molecule has 0 aliphatic heterocycles. The minimum atomic E-state index is 0.161. The second-order valence-electron chi connectivity index (χ2n) is 7.10. The number of nitrogens with zero attached hydrogens (tertiary/aromatic N) is 1. The highest BCUT2D eigenvalue weighted by Crippen LogP contribution is 2.24. The molecule has 0 bridgehead atoms. The maximum absolute atomic E-state index is 9.42. The molecule has 3 aromatic carbocycles. The van der Waals surface area contributed by atoms with E-state index in [0.29, 0.717) is 5.56 Å². The van der Waals surface area contributed by atoms with Gasteiger partial charge in [-0.25, -0.2) is 0 Å². The van der Waals surface area contributed by atoms with Crippen molar-refractivity contribution in [1.29, 1.82) is 5.26 Å². The molecule has 0 aromatic heterocycles. The molecule has 118 valence electrons. The third kappa shape index (κ3) is 3.39. The lowest BCUT2D eigenvalue weighted by atomic mass is 9.86. The molecule has 0 N–H and O–H groups in total. The van der Waals surface area contributed by atoms with E-state index >= 15 is 0 Å². The van der Waals surface area contributed by atoms with Crippen LogP contribution in [0.3, 0.4) is 0 Å². The Bertz CT molecular complexity index is 932. The van der Waals surface area contributed by atoms with Crippen LogP contribution in [0.5, 0.6) is 0 Å². The van der Waals surface area contributed by atoms with Crippen molar-refractivity contribution in [2.45, 2.75) is 26.2 Å². The van der Waals surface area contributed by atoms with E-state index in [-0.39, 0.29) is 5.41 Å². The van der Waals surface area contributed by atoms with Gasteiger partial charge in [0.05, 0.1) is 11.6 Å². The predicted molar refractivity (Wildman–Crippen MR) is 103 cm³/mol. The Labute approximate surface area is 143 Å². The molecule has 0 saturated carbocycles. The highest BCUT2D eigenvalue weighted by Gasteiger charge is 2.12. The number of hydrogen-bond donors (Lipinski definition) is 0. The van der Waals surface area contributed by atoms with Crippen LogP contribution in [0.25, 0.3) is 22.9 Å². The molecule has 0 fully saturated rings. The van der Waals surface area contributed by atoms with E-state index in [1.807, 2.05) is 30.3 Å². The first kappa shape index (κ1) is 16.0. The van der Waals surface area contributed by atoms with Crippen LogP contribution in [0.1, 0.15) is 43.0 Å². The van der Waals surface area contributed by atoms with Crippen LogP contribution in [0.4, 0.5) is 0 Å². The van der Waals surface area contributed by atoms with Crippen molar-refractivity contribution in [1.82, 2.24) is 0 Å². The molecule has 0 heterocycles. The molecule has 0 amide bonds. The van der Waals surface area contributed by atoms with Gasteiger partial charge in [-0.3, -0.25) is 0 Å². The van der Waals surface area contributed by atoms with Gasteiger partial charge in [-0.1, -0.05) is 81.5 Å². The van der Waals surface area contributed by atoms with Crippen LogP contribution in [-0.4, -0.2) is 0 Å². The zero-order valence-electron chi connectivity index (χ0n) is 14.4. The van der Waals surface area contributed by atoms with Gasteiger partial charge in [-0.15, -0.1) is 0 Å². The van der Waals surface area contributed by atoms with Gasteiger partial charge in [0, 0.05) is 0 Å². The SMILES string of the molecule is CC(C)(C)c1ccc(/C=C/c2cc3ccccc3cc2C#N)cc1. The highest BCUT2D eigenvalue weighted by molar-refractivity contribution is 5.88. The Morgan fingerprint density at radius 3 is 2.04 bits per heavy atom. The van der Waals surface area contributed by atoms with Crippen LogP contribution in [0.2, 0.25) is 0 Å². The van der Waals surface area contributed by atoms with Crippen LogP contribution in [0, 0.1) is 11.3 Å². The summed E-state index contributed by atoms with van der Waals surface area (Å²) < 4.78 is 0. The number of hydrogen-bond acceptors (Lipinski definition) is 1. The van der Waals surface area contributed by atoms with E-state index in [4.69, 9.17) is 0 Å². The first-order valence-corrected chi connectivity index (χ1v) is 8.19. The number of benzene rings is 3. The summed E-state index contributed by atoms with van der Waals surface area (Å²) in [5, 5.41) is 11.7. The fourth-order valence-corrected chi connectivity index (χ4v) is 2.77. The molecule has 0 atom stereocenters. The standard InChI is InChI=1S/C23H21N/c1-23(2,3)22-12-9-17(10-13-22)8-11-20-14-18-6-4-5-7-19(18)15-21(20)16-24/h4-15H,1-3H3/b11-8+. The molecule has 0 aliphatic carbocycles. The van der Waals surface area contributed by atoms with Crippen molar-refractivity contribution in [2.75, 3.05) is 0 Å². The van der Waals surface area contributed by atoms with Gasteiger partial charge in [-0.05, 0) is 45.0 Å². The summed E-state index contributed by atoms with van der Waals surface area (Å²) in [6, 6.07) is 23.1. The molecule has 0 unspecified atom stereocenters. The number of fused-ring (bicyclic) bond motifs is 1. The summed E-state index contributed by atoms with van der Waals surface area (Å²) in [5.41, 5.74) is 4.28. The average molecular weight is 311 g/mol. The van der Waals surface area contributed by atoms with E-state index in [0.717, 1.165) is 21.9 Å². The van der Waals surface area contributed by atoms with Crippen molar-refractivity contribution < 1.29 is 0 Å².